The lowest BCUT2D eigenvalue weighted by Gasteiger charge is -2.06. The molecule has 2 aromatic carbocycles. The summed E-state index contributed by atoms with van der Waals surface area (Å²) in [5.41, 5.74) is 11.3. The molecule has 0 atom stereocenters. The SMILES string of the molecule is CC(=NNC(=O)CCC(=O)NCc1ccccc1)c1cccc(N)c1. The Kier molecular flexibility index (Phi) is 6.71. The zero-order chi connectivity index (χ0) is 18.1. The van der Waals surface area contributed by atoms with E-state index in [0.717, 1.165) is 11.1 Å². The third-order valence-electron chi connectivity index (χ3n) is 3.56. The maximum Gasteiger partial charge on any atom is 0.240 e. The molecule has 2 rings (SSSR count). The average Bonchev–Trinajstić information content (AvgIpc) is 2.63. The number of carbonyl (C=O) groups is 2. The molecule has 130 valence electrons. The molecule has 0 aliphatic carbocycles. The summed E-state index contributed by atoms with van der Waals surface area (Å²) < 4.78 is 0. The number of hydrogen-bond acceptors (Lipinski definition) is 4. The molecule has 0 aliphatic heterocycles. The Morgan fingerprint density at radius 2 is 1.72 bits per heavy atom. The molecule has 0 heterocycles. The van der Waals surface area contributed by atoms with Gasteiger partial charge in [-0.2, -0.15) is 5.10 Å². The van der Waals surface area contributed by atoms with Crippen molar-refractivity contribution in [3.63, 3.8) is 0 Å². The van der Waals surface area contributed by atoms with Crippen molar-refractivity contribution in [2.75, 3.05) is 5.73 Å². The Bertz CT molecular complexity index is 757. The van der Waals surface area contributed by atoms with Crippen LogP contribution in [0.15, 0.2) is 59.7 Å². The van der Waals surface area contributed by atoms with Crippen molar-refractivity contribution in [1.29, 1.82) is 0 Å². The van der Waals surface area contributed by atoms with Crippen LogP contribution in [0.5, 0.6) is 0 Å². The van der Waals surface area contributed by atoms with Gasteiger partial charge in [0.05, 0.1) is 5.71 Å². The number of benzene rings is 2. The second kappa shape index (κ2) is 9.22. The number of hydrogen-bond donors (Lipinski definition) is 3. The van der Waals surface area contributed by atoms with Crippen molar-refractivity contribution in [1.82, 2.24) is 10.7 Å². The second-order valence-electron chi connectivity index (χ2n) is 5.62. The van der Waals surface area contributed by atoms with E-state index in [0.29, 0.717) is 17.9 Å². The highest BCUT2D eigenvalue weighted by Crippen LogP contribution is 2.07. The largest absolute Gasteiger partial charge is 0.399 e. The van der Waals surface area contributed by atoms with Gasteiger partial charge >= 0.3 is 0 Å². The topological polar surface area (TPSA) is 96.6 Å². The van der Waals surface area contributed by atoms with Crippen LogP contribution < -0.4 is 16.5 Å². The first-order chi connectivity index (χ1) is 12.0. The summed E-state index contributed by atoms with van der Waals surface area (Å²) in [4.78, 5) is 23.6. The van der Waals surface area contributed by atoms with Gasteiger partial charge in [0.1, 0.15) is 0 Å². The standard InChI is InChI=1S/C19H22N4O2/c1-14(16-8-5-9-17(20)12-16)22-23-19(25)11-10-18(24)21-13-15-6-3-2-4-7-15/h2-9,12H,10-11,13,20H2,1H3,(H,21,24)(H,23,25). The molecule has 4 N–H and O–H groups in total. The van der Waals surface area contributed by atoms with E-state index >= 15 is 0 Å². The van der Waals surface area contributed by atoms with E-state index in [9.17, 15) is 9.59 Å². The third kappa shape index (κ3) is 6.47. The molecule has 0 aromatic heterocycles. The van der Waals surface area contributed by atoms with Crippen LogP contribution in [0.3, 0.4) is 0 Å². The predicted molar refractivity (Wildman–Crippen MR) is 98.7 cm³/mol. The molecule has 0 radical (unpaired) electrons. The first-order valence-corrected chi connectivity index (χ1v) is 8.04. The molecular weight excluding hydrogens is 316 g/mol. The zero-order valence-electron chi connectivity index (χ0n) is 14.2. The van der Waals surface area contributed by atoms with Crippen molar-refractivity contribution >= 4 is 23.2 Å². The number of nitrogens with zero attached hydrogens (tertiary/aromatic N) is 1. The van der Waals surface area contributed by atoms with Crippen molar-refractivity contribution < 1.29 is 9.59 Å². The Balaban J connectivity index is 1.73. The number of carbonyl (C=O) groups excluding carboxylic acids is 2. The summed E-state index contributed by atoms with van der Waals surface area (Å²) in [6, 6.07) is 16.8. The summed E-state index contributed by atoms with van der Waals surface area (Å²) in [6.45, 7) is 2.23. The van der Waals surface area contributed by atoms with Crippen molar-refractivity contribution in [2.24, 2.45) is 5.10 Å². The lowest BCUT2D eigenvalue weighted by Crippen LogP contribution is -2.26. The normalized spacial score (nSPS) is 11.0. The lowest BCUT2D eigenvalue weighted by atomic mass is 10.1. The van der Waals surface area contributed by atoms with Crippen LogP contribution in [0.4, 0.5) is 5.69 Å². The van der Waals surface area contributed by atoms with Crippen LogP contribution >= 0.6 is 0 Å². The van der Waals surface area contributed by atoms with Gasteiger partial charge in [0.25, 0.3) is 0 Å². The van der Waals surface area contributed by atoms with Gasteiger partial charge in [-0.3, -0.25) is 9.59 Å². The van der Waals surface area contributed by atoms with E-state index in [1.807, 2.05) is 42.5 Å². The van der Waals surface area contributed by atoms with Gasteiger partial charge in [-0.1, -0.05) is 42.5 Å². The Morgan fingerprint density at radius 3 is 2.44 bits per heavy atom. The smallest absolute Gasteiger partial charge is 0.240 e. The van der Waals surface area contributed by atoms with E-state index in [4.69, 9.17) is 5.73 Å². The minimum absolute atomic E-state index is 0.0777. The second-order valence-corrected chi connectivity index (χ2v) is 5.62. The monoisotopic (exact) mass is 338 g/mol. The molecule has 0 bridgehead atoms. The molecule has 6 nitrogen and oxygen atoms in total. The van der Waals surface area contributed by atoms with Crippen LogP contribution in [0.2, 0.25) is 0 Å². The molecule has 0 saturated heterocycles. The van der Waals surface area contributed by atoms with Gasteiger partial charge in [-0.05, 0) is 30.2 Å². The summed E-state index contributed by atoms with van der Waals surface area (Å²) in [7, 11) is 0. The molecule has 0 aliphatic rings. The Hall–Kier alpha value is -3.15. The highest BCUT2D eigenvalue weighted by Gasteiger charge is 2.07. The fraction of sp³-hybridized carbons (Fsp3) is 0.211. The van der Waals surface area contributed by atoms with Gasteiger partial charge in [-0.15, -0.1) is 0 Å². The van der Waals surface area contributed by atoms with Crippen LogP contribution in [-0.4, -0.2) is 17.5 Å². The molecule has 0 unspecified atom stereocenters. The fourth-order valence-corrected chi connectivity index (χ4v) is 2.14. The van der Waals surface area contributed by atoms with E-state index < -0.39 is 0 Å². The van der Waals surface area contributed by atoms with Gasteiger partial charge in [0.2, 0.25) is 11.8 Å². The van der Waals surface area contributed by atoms with Gasteiger partial charge in [-0.25, -0.2) is 5.43 Å². The number of nitrogen functional groups attached to an aromatic ring is 1. The first-order valence-electron chi connectivity index (χ1n) is 8.04. The number of nitrogens with two attached hydrogens (primary N) is 1. The minimum atomic E-state index is -0.307. The number of rotatable bonds is 7. The molecule has 2 aromatic rings. The van der Waals surface area contributed by atoms with Crippen LogP contribution in [0.25, 0.3) is 0 Å². The van der Waals surface area contributed by atoms with Crippen molar-refractivity contribution in [3.05, 3.63) is 65.7 Å². The highest BCUT2D eigenvalue weighted by molar-refractivity contribution is 5.99. The third-order valence-corrected chi connectivity index (χ3v) is 3.56. The molecule has 25 heavy (non-hydrogen) atoms. The maximum atomic E-state index is 11.8. The zero-order valence-corrected chi connectivity index (χ0v) is 14.2. The van der Waals surface area contributed by atoms with Gasteiger partial charge in [0.15, 0.2) is 0 Å². The lowest BCUT2D eigenvalue weighted by molar-refractivity contribution is -0.126. The van der Waals surface area contributed by atoms with E-state index in [2.05, 4.69) is 15.8 Å². The molecule has 2 amide bonds. The molecule has 0 spiro atoms. The van der Waals surface area contributed by atoms with E-state index in [1.54, 1.807) is 19.1 Å². The number of anilines is 1. The maximum absolute atomic E-state index is 11.8. The number of amides is 2. The van der Waals surface area contributed by atoms with Gasteiger partial charge < -0.3 is 11.1 Å². The predicted octanol–water partition coefficient (Wildman–Crippen LogP) is 2.21. The molecule has 6 heteroatoms. The Morgan fingerprint density at radius 1 is 1.00 bits per heavy atom. The molecule has 0 fully saturated rings. The number of hydrazone groups is 1. The summed E-state index contributed by atoms with van der Waals surface area (Å²) in [6.07, 6.45) is 0.194. The summed E-state index contributed by atoms with van der Waals surface area (Å²) >= 11 is 0. The summed E-state index contributed by atoms with van der Waals surface area (Å²) in [5.74, 6) is -0.478. The quantitative estimate of drug-likeness (QED) is 0.410. The van der Waals surface area contributed by atoms with Crippen molar-refractivity contribution in [3.8, 4) is 0 Å². The molecular formula is C19H22N4O2. The fourth-order valence-electron chi connectivity index (χ4n) is 2.14. The minimum Gasteiger partial charge on any atom is -0.399 e. The Labute approximate surface area is 147 Å². The summed E-state index contributed by atoms with van der Waals surface area (Å²) in [5, 5.41) is 6.82. The highest BCUT2D eigenvalue weighted by atomic mass is 16.2. The van der Waals surface area contributed by atoms with Crippen molar-refractivity contribution in [2.45, 2.75) is 26.3 Å². The first kappa shape index (κ1) is 18.2. The number of nitrogens with one attached hydrogen (secondary N) is 2. The van der Waals surface area contributed by atoms with Crippen LogP contribution in [0.1, 0.15) is 30.9 Å². The molecule has 0 saturated carbocycles. The van der Waals surface area contributed by atoms with Crippen LogP contribution in [0, 0.1) is 0 Å². The van der Waals surface area contributed by atoms with E-state index in [-0.39, 0.29) is 24.7 Å². The van der Waals surface area contributed by atoms with E-state index in [1.165, 1.54) is 0 Å². The average molecular weight is 338 g/mol. The van der Waals surface area contributed by atoms with Crippen LogP contribution in [-0.2, 0) is 16.1 Å². The van der Waals surface area contributed by atoms with Gasteiger partial charge in [0, 0.05) is 25.1 Å².